The molecule has 0 bridgehead atoms. The van der Waals surface area contributed by atoms with E-state index in [0.717, 1.165) is 45.0 Å². The summed E-state index contributed by atoms with van der Waals surface area (Å²) in [5.74, 6) is 1.50. The largest absolute Gasteiger partial charge is 0.383 e. The highest BCUT2D eigenvalue weighted by Crippen LogP contribution is 2.17. The molecule has 0 spiro atoms. The highest BCUT2D eigenvalue weighted by atomic mass is 15.3. The van der Waals surface area contributed by atoms with Crippen molar-refractivity contribution in [2.45, 2.75) is 12.8 Å². The molecule has 2 aromatic rings. The monoisotopic (exact) mass is 312 g/mol. The molecule has 6 nitrogen and oxygen atoms in total. The molecule has 23 heavy (non-hydrogen) atoms. The van der Waals surface area contributed by atoms with E-state index in [9.17, 15) is 0 Å². The Kier molecular flexibility index (Phi) is 4.92. The summed E-state index contributed by atoms with van der Waals surface area (Å²) in [5, 5.41) is 0. The molecule has 0 unspecified atom stereocenters. The van der Waals surface area contributed by atoms with Crippen LogP contribution in [0.5, 0.6) is 0 Å². The van der Waals surface area contributed by atoms with Crippen molar-refractivity contribution in [2.75, 3.05) is 49.1 Å². The van der Waals surface area contributed by atoms with Crippen molar-refractivity contribution < 1.29 is 0 Å². The topological polar surface area (TPSA) is 84.3 Å². The van der Waals surface area contributed by atoms with E-state index in [0.29, 0.717) is 5.82 Å². The Hall–Kier alpha value is -2.34. The van der Waals surface area contributed by atoms with Crippen LogP contribution in [0.25, 0.3) is 0 Å². The molecule has 0 radical (unpaired) electrons. The first kappa shape index (κ1) is 15.6. The summed E-state index contributed by atoms with van der Waals surface area (Å²) in [5.41, 5.74) is 12.8. The molecule has 0 saturated carbocycles. The molecule has 0 amide bonds. The fourth-order valence-electron chi connectivity index (χ4n) is 2.99. The van der Waals surface area contributed by atoms with E-state index in [1.165, 1.54) is 12.0 Å². The van der Waals surface area contributed by atoms with Crippen molar-refractivity contribution in [3.8, 4) is 0 Å². The first-order valence-electron chi connectivity index (χ1n) is 8.12. The van der Waals surface area contributed by atoms with Crippen LogP contribution in [0.4, 0.5) is 17.6 Å². The molecule has 122 valence electrons. The number of nitrogens with zero attached hydrogens (tertiary/aromatic N) is 4. The summed E-state index contributed by atoms with van der Waals surface area (Å²) >= 11 is 0. The standard InChI is InChI=1S/C17H24N6/c18-15-13-16(21-17(19)20-15)23-11-9-22(10-12-23)8-4-7-14-5-2-1-3-6-14/h1-3,5-6,13H,4,7-12H2,(H4,18,19,20,21). The minimum Gasteiger partial charge on any atom is -0.383 e. The van der Waals surface area contributed by atoms with Crippen molar-refractivity contribution in [1.29, 1.82) is 0 Å². The molecule has 0 atom stereocenters. The molecular weight excluding hydrogens is 288 g/mol. The number of anilines is 3. The second-order valence-corrected chi connectivity index (χ2v) is 5.93. The van der Waals surface area contributed by atoms with E-state index < -0.39 is 0 Å². The van der Waals surface area contributed by atoms with Crippen LogP contribution in [-0.2, 0) is 6.42 Å². The van der Waals surface area contributed by atoms with Gasteiger partial charge >= 0.3 is 0 Å². The Bertz CT molecular complexity index is 602. The minimum absolute atomic E-state index is 0.241. The van der Waals surface area contributed by atoms with Crippen LogP contribution >= 0.6 is 0 Å². The quantitative estimate of drug-likeness (QED) is 0.868. The van der Waals surface area contributed by atoms with Crippen molar-refractivity contribution in [1.82, 2.24) is 14.9 Å². The van der Waals surface area contributed by atoms with Gasteiger partial charge in [-0.15, -0.1) is 0 Å². The van der Waals surface area contributed by atoms with Gasteiger partial charge in [-0.25, -0.2) is 0 Å². The molecule has 1 aliphatic rings. The van der Waals surface area contributed by atoms with Gasteiger partial charge in [0.2, 0.25) is 5.95 Å². The molecule has 1 saturated heterocycles. The number of piperazine rings is 1. The zero-order valence-corrected chi connectivity index (χ0v) is 13.4. The molecule has 2 heterocycles. The van der Waals surface area contributed by atoms with Crippen molar-refractivity contribution in [3.05, 3.63) is 42.0 Å². The van der Waals surface area contributed by atoms with Gasteiger partial charge < -0.3 is 16.4 Å². The maximum atomic E-state index is 5.75. The van der Waals surface area contributed by atoms with E-state index in [4.69, 9.17) is 11.5 Å². The lowest BCUT2D eigenvalue weighted by Gasteiger charge is -2.35. The van der Waals surface area contributed by atoms with Crippen molar-refractivity contribution in [3.63, 3.8) is 0 Å². The molecule has 1 fully saturated rings. The van der Waals surface area contributed by atoms with Crippen molar-refractivity contribution in [2.24, 2.45) is 0 Å². The first-order valence-corrected chi connectivity index (χ1v) is 8.12. The summed E-state index contributed by atoms with van der Waals surface area (Å²) in [6, 6.07) is 12.5. The average molecular weight is 312 g/mol. The van der Waals surface area contributed by atoms with E-state index in [1.54, 1.807) is 6.07 Å². The molecule has 0 aliphatic carbocycles. The van der Waals surface area contributed by atoms with E-state index in [2.05, 4.69) is 50.1 Å². The Morgan fingerprint density at radius 2 is 1.70 bits per heavy atom. The molecular formula is C17H24N6. The summed E-state index contributed by atoms with van der Waals surface area (Å²) < 4.78 is 0. The third-order valence-corrected chi connectivity index (χ3v) is 4.23. The minimum atomic E-state index is 0.241. The van der Waals surface area contributed by atoms with Gasteiger partial charge in [0.05, 0.1) is 0 Å². The number of hydrogen-bond donors (Lipinski definition) is 2. The van der Waals surface area contributed by atoms with Gasteiger partial charge in [0.1, 0.15) is 11.6 Å². The molecule has 1 aromatic heterocycles. The van der Waals surface area contributed by atoms with E-state index >= 15 is 0 Å². The van der Waals surface area contributed by atoms with Crippen LogP contribution in [0.15, 0.2) is 36.4 Å². The van der Waals surface area contributed by atoms with Gasteiger partial charge in [-0.1, -0.05) is 30.3 Å². The normalized spacial score (nSPS) is 15.7. The predicted molar refractivity (Wildman–Crippen MR) is 94.3 cm³/mol. The van der Waals surface area contributed by atoms with Crippen LogP contribution in [-0.4, -0.2) is 47.6 Å². The number of nitrogen functional groups attached to an aromatic ring is 2. The Labute approximate surface area is 137 Å². The lowest BCUT2D eigenvalue weighted by atomic mass is 10.1. The molecule has 1 aromatic carbocycles. The van der Waals surface area contributed by atoms with Crippen LogP contribution < -0.4 is 16.4 Å². The third kappa shape index (κ3) is 4.32. The van der Waals surface area contributed by atoms with Crippen LogP contribution in [0.1, 0.15) is 12.0 Å². The second-order valence-electron chi connectivity index (χ2n) is 5.93. The fourth-order valence-corrected chi connectivity index (χ4v) is 2.99. The van der Waals surface area contributed by atoms with Gasteiger partial charge in [-0.2, -0.15) is 9.97 Å². The first-order chi connectivity index (χ1) is 11.2. The summed E-state index contributed by atoms with van der Waals surface area (Å²) in [6.07, 6.45) is 2.33. The fraction of sp³-hybridized carbons (Fsp3) is 0.412. The zero-order chi connectivity index (χ0) is 16.1. The second kappa shape index (κ2) is 7.28. The molecule has 4 N–H and O–H groups in total. The maximum Gasteiger partial charge on any atom is 0.223 e. The Morgan fingerprint density at radius 1 is 0.957 bits per heavy atom. The summed E-state index contributed by atoms with van der Waals surface area (Å²) in [7, 11) is 0. The SMILES string of the molecule is Nc1cc(N2CCN(CCCc3ccccc3)CC2)nc(N)n1. The van der Waals surface area contributed by atoms with Crippen LogP contribution in [0, 0.1) is 0 Å². The van der Waals surface area contributed by atoms with Gasteiger partial charge in [0.25, 0.3) is 0 Å². The maximum absolute atomic E-state index is 5.75. The van der Waals surface area contributed by atoms with Gasteiger partial charge in [0, 0.05) is 32.2 Å². The zero-order valence-electron chi connectivity index (χ0n) is 13.4. The van der Waals surface area contributed by atoms with Gasteiger partial charge in [-0.05, 0) is 24.9 Å². The summed E-state index contributed by atoms with van der Waals surface area (Å²) in [6.45, 7) is 5.11. The smallest absolute Gasteiger partial charge is 0.223 e. The highest BCUT2D eigenvalue weighted by Gasteiger charge is 2.18. The van der Waals surface area contributed by atoms with Crippen LogP contribution in [0.2, 0.25) is 0 Å². The van der Waals surface area contributed by atoms with Crippen molar-refractivity contribution >= 4 is 17.6 Å². The summed E-state index contributed by atoms with van der Waals surface area (Å²) in [4.78, 5) is 12.9. The number of aryl methyl sites for hydroxylation is 1. The van der Waals surface area contributed by atoms with E-state index in [1.807, 2.05) is 0 Å². The Morgan fingerprint density at radius 3 is 2.39 bits per heavy atom. The molecule has 6 heteroatoms. The number of benzene rings is 1. The number of rotatable bonds is 5. The van der Waals surface area contributed by atoms with E-state index in [-0.39, 0.29) is 5.95 Å². The number of hydrogen-bond acceptors (Lipinski definition) is 6. The highest BCUT2D eigenvalue weighted by molar-refractivity contribution is 5.50. The average Bonchev–Trinajstić information content (AvgIpc) is 2.56. The lowest BCUT2D eigenvalue weighted by Crippen LogP contribution is -2.47. The molecule has 1 aliphatic heterocycles. The third-order valence-electron chi connectivity index (χ3n) is 4.23. The molecule has 3 rings (SSSR count). The van der Waals surface area contributed by atoms with Crippen LogP contribution in [0.3, 0.4) is 0 Å². The van der Waals surface area contributed by atoms with Gasteiger partial charge in [0.15, 0.2) is 0 Å². The van der Waals surface area contributed by atoms with Gasteiger partial charge in [-0.3, -0.25) is 4.90 Å². The number of aromatic nitrogens is 2. The lowest BCUT2D eigenvalue weighted by molar-refractivity contribution is 0.254. The Balaban J connectivity index is 1.45. The number of nitrogens with two attached hydrogens (primary N) is 2. The predicted octanol–water partition coefficient (Wildman–Crippen LogP) is 1.40.